The van der Waals surface area contributed by atoms with Crippen LogP contribution in [0.15, 0.2) is 12.1 Å². The first-order valence-electron chi connectivity index (χ1n) is 6.12. The van der Waals surface area contributed by atoms with Gasteiger partial charge in [-0.05, 0) is 36.8 Å². The van der Waals surface area contributed by atoms with Gasteiger partial charge in [0.2, 0.25) is 0 Å². The number of carboxylic acids is 1. The normalized spacial score (nSPS) is 10.4. The quantitative estimate of drug-likeness (QED) is 0.429. The van der Waals surface area contributed by atoms with Crippen LogP contribution in [0.25, 0.3) is 0 Å². The van der Waals surface area contributed by atoms with Crippen molar-refractivity contribution >= 4 is 29.1 Å². The average molecular weight is 284 g/mol. The van der Waals surface area contributed by atoms with E-state index in [0.29, 0.717) is 5.69 Å². The van der Waals surface area contributed by atoms with Crippen LogP contribution in [0.5, 0.6) is 0 Å². The largest absolute Gasteiger partial charge is 0.478 e. The van der Waals surface area contributed by atoms with Crippen LogP contribution in [0.1, 0.15) is 22.3 Å². The minimum Gasteiger partial charge on any atom is -0.478 e. The highest BCUT2D eigenvalue weighted by Gasteiger charge is 2.11. The molecule has 6 heteroatoms. The summed E-state index contributed by atoms with van der Waals surface area (Å²) < 4.78 is 0. The Morgan fingerprint density at radius 3 is 2.79 bits per heavy atom. The lowest BCUT2D eigenvalue weighted by Gasteiger charge is -2.11. The monoisotopic (exact) mass is 284 g/mol. The van der Waals surface area contributed by atoms with Crippen LogP contribution < -0.4 is 11.1 Å². The number of hydrogen-bond donors (Lipinski definition) is 4. The summed E-state index contributed by atoms with van der Waals surface area (Å²) in [5.41, 5.74) is 7.71. The lowest BCUT2D eigenvalue weighted by atomic mass is 10.1. The summed E-state index contributed by atoms with van der Waals surface area (Å²) in [5.74, 6) is 0.826. The number of carbonyl (C=O) groups is 1. The van der Waals surface area contributed by atoms with Crippen molar-refractivity contribution < 1.29 is 15.0 Å². The smallest absolute Gasteiger partial charge is 0.337 e. The summed E-state index contributed by atoms with van der Waals surface area (Å²) >= 11 is 1.75. The Morgan fingerprint density at radius 2 is 2.16 bits per heavy atom. The molecule has 0 heterocycles. The fraction of sp³-hybridized carbons (Fsp3) is 0.462. The number of anilines is 2. The molecule has 0 fully saturated rings. The lowest BCUT2D eigenvalue weighted by molar-refractivity contribution is 0.0698. The summed E-state index contributed by atoms with van der Waals surface area (Å²) in [5, 5.41) is 20.9. The molecule has 19 heavy (non-hydrogen) atoms. The molecule has 0 saturated carbocycles. The van der Waals surface area contributed by atoms with Gasteiger partial charge in [-0.2, -0.15) is 11.8 Å². The van der Waals surface area contributed by atoms with Crippen molar-refractivity contribution in [2.45, 2.75) is 13.3 Å². The summed E-state index contributed by atoms with van der Waals surface area (Å²) in [6.45, 7) is 2.76. The second-order valence-electron chi connectivity index (χ2n) is 4.18. The fourth-order valence-corrected chi connectivity index (χ4v) is 2.40. The van der Waals surface area contributed by atoms with E-state index in [1.165, 1.54) is 0 Å². The summed E-state index contributed by atoms with van der Waals surface area (Å²) in [7, 11) is 0. The van der Waals surface area contributed by atoms with Crippen molar-refractivity contribution in [3.8, 4) is 0 Å². The molecule has 106 valence electrons. The minimum atomic E-state index is -1.01. The Hall–Kier alpha value is -1.40. The molecule has 1 aromatic carbocycles. The SMILES string of the molecule is Cc1cc(NCCSCCCO)cc(C(=O)O)c1N. The Labute approximate surface area is 117 Å². The van der Waals surface area contributed by atoms with Crippen molar-refractivity contribution in [3.05, 3.63) is 23.3 Å². The standard InChI is InChI=1S/C13H20N2O3S/c1-9-7-10(8-11(12(9)14)13(17)18)15-3-6-19-5-2-4-16/h7-8,15-16H,2-6,14H2,1H3,(H,17,18). The highest BCUT2D eigenvalue weighted by Crippen LogP contribution is 2.22. The summed E-state index contributed by atoms with van der Waals surface area (Å²) in [4.78, 5) is 11.0. The zero-order chi connectivity index (χ0) is 14.3. The Balaban J connectivity index is 2.52. The number of aliphatic hydroxyl groups excluding tert-OH is 1. The molecule has 0 aliphatic carbocycles. The fourth-order valence-electron chi connectivity index (χ4n) is 1.61. The van der Waals surface area contributed by atoms with E-state index in [1.54, 1.807) is 24.8 Å². The number of aromatic carboxylic acids is 1. The van der Waals surface area contributed by atoms with Gasteiger partial charge in [-0.15, -0.1) is 0 Å². The zero-order valence-electron chi connectivity index (χ0n) is 11.0. The van der Waals surface area contributed by atoms with Crippen LogP contribution in [0.2, 0.25) is 0 Å². The number of aryl methyl sites for hydroxylation is 1. The van der Waals surface area contributed by atoms with Gasteiger partial charge in [0.15, 0.2) is 0 Å². The van der Waals surface area contributed by atoms with E-state index >= 15 is 0 Å². The molecule has 0 aliphatic heterocycles. The predicted molar refractivity (Wildman–Crippen MR) is 80.1 cm³/mol. The zero-order valence-corrected chi connectivity index (χ0v) is 11.8. The van der Waals surface area contributed by atoms with Crippen LogP contribution in [0.3, 0.4) is 0 Å². The molecule has 5 nitrogen and oxygen atoms in total. The minimum absolute atomic E-state index is 0.135. The lowest BCUT2D eigenvalue weighted by Crippen LogP contribution is -2.09. The van der Waals surface area contributed by atoms with E-state index in [4.69, 9.17) is 15.9 Å². The number of aliphatic hydroxyl groups is 1. The van der Waals surface area contributed by atoms with Crippen molar-refractivity contribution in [3.63, 3.8) is 0 Å². The summed E-state index contributed by atoms with van der Waals surface area (Å²) in [6.07, 6.45) is 0.800. The highest BCUT2D eigenvalue weighted by molar-refractivity contribution is 7.99. The first-order valence-corrected chi connectivity index (χ1v) is 7.27. The molecule has 0 saturated heterocycles. The maximum absolute atomic E-state index is 11.0. The van der Waals surface area contributed by atoms with Crippen molar-refractivity contribution in [2.24, 2.45) is 0 Å². The Kier molecular flexibility index (Phi) is 6.52. The molecule has 0 unspecified atom stereocenters. The molecule has 0 spiro atoms. The third-order valence-electron chi connectivity index (χ3n) is 2.64. The van der Waals surface area contributed by atoms with Gasteiger partial charge in [0.1, 0.15) is 0 Å². The second kappa shape index (κ2) is 7.91. The number of rotatable bonds is 8. The third kappa shape index (κ3) is 5.00. The van der Waals surface area contributed by atoms with Crippen LogP contribution in [0, 0.1) is 6.92 Å². The number of nitrogen functional groups attached to an aromatic ring is 1. The molecule has 5 N–H and O–H groups in total. The Morgan fingerprint density at radius 1 is 1.42 bits per heavy atom. The van der Waals surface area contributed by atoms with Crippen LogP contribution in [-0.2, 0) is 0 Å². The topological polar surface area (TPSA) is 95.6 Å². The molecule has 0 bridgehead atoms. The van der Waals surface area contributed by atoms with E-state index in [2.05, 4.69) is 5.32 Å². The van der Waals surface area contributed by atoms with Gasteiger partial charge in [0, 0.05) is 30.3 Å². The van der Waals surface area contributed by atoms with E-state index < -0.39 is 5.97 Å². The maximum Gasteiger partial charge on any atom is 0.337 e. The van der Waals surface area contributed by atoms with Gasteiger partial charge in [0.25, 0.3) is 0 Å². The molecular weight excluding hydrogens is 264 g/mol. The first-order chi connectivity index (χ1) is 9.06. The first kappa shape index (κ1) is 15.7. The van der Waals surface area contributed by atoms with Crippen LogP contribution in [0.4, 0.5) is 11.4 Å². The molecule has 0 radical (unpaired) electrons. The van der Waals surface area contributed by atoms with Crippen LogP contribution in [-0.4, -0.2) is 40.8 Å². The van der Waals surface area contributed by atoms with Gasteiger partial charge in [0.05, 0.1) is 5.56 Å². The van der Waals surface area contributed by atoms with E-state index in [9.17, 15) is 4.79 Å². The van der Waals surface area contributed by atoms with Gasteiger partial charge in [-0.25, -0.2) is 4.79 Å². The maximum atomic E-state index is 11.0. The van der Waals surface area contributed by atoms with Crippen LogP contribution >= 0.6 is 11.8 Å². The molecule has 1 rings (SSSR count). The van der Waals surface area contributed by atoms with Gasteiger partial charge >= 0.3 is 5.97 Å². The number of nitrogens with two attached hydrogens (primary N) is 1. The molecule has 0 aromatic heterocycles. The number of nitrogens with one attached hydrogen (secondary N) is 1. The average Bonchev–Trinajstić information content (AvgIpc) is 2.37. The molecule has 1 aromatic rings. The molecule has 0 atom stereocenters. The second-order valence-corrected chi connectivity index (χ2v) is 5.40. The molecule has 0 aliphatic rings. The van der Waals surface area contributed by atoms with Crippen molar-refractivity contribution in [1.82, 2.24) is 0 Å². The molecule has 0 amide bonds. The number of hydrogen-bond acceptors (Lipinski definition) is 5. The third-order valence-corrected chi connectivity index (χ3v) is 3.71. The van der Waals surface area contributed by atoms with Gasteiger partial charge in [-0.1, -0.05) is 0 Å². The predicted octanol–water partition coefficient (Wildman–Crippen LogP) is 1.80. The van der Waals surface area contributed by atoms with E-state index in [-0.39, 0.29) is 12.2 Å². The van der Waals surface area contributed by atoms with E-state index in [0.717, 1.165) is 35.7 Å². The van der Waals surface area contributed by atoms with Crippen molar-refractivity contribution in [2.75, 3.05) is 35.7 Å². The van der Waals surface area contributed by atoms with Gasteiger partial charge < -0.3 is 21.3 Å². The highest BCUT2D eigenvalue weighted by atomic mass is 32.2. The van der Waals surface area contributed by atoms with E-state index in [1.807, 2.05) is 6.07 Å². The Bertz CT molecular complexity index is 438. The summed E-state index contributed by atoms with van der Waals surface area (Å²) in [6, 6.07) is 3.41. The van der Waals surface area contributed by atoms with Gasteiger partial charge in [-0.3, -0.25) is 0 Å². The number of benzene rings is 1. The molecular formula is C13H20N2O3S. The van der Waals surface area contributed by atoms with Crippen molar-refractivity contribution in [1.29, 1.82) is 0 Å². The number of carboxylic acid groups (broad SMARTS) is 1. The number of thioether (sulfide) groups is 1.